The van der Waals surface area contributed by atoms with E-state index in [1.54, 1.807) is 0 Å². The SMILES string of the molecule is CCOCOC(OC)C(N)(OC)OC. The highest BCUT2D eigenvalue weighted by molar-refractivity contribution is 4.64. The molecule has 1 atom stereocenters. The lowest BCUT2D eigenvalue weighted by molar-refractivity contribution is -0.342. The third-order valence-corrected chi connectivity index (χ3v) is 1.69. The molecule has 0 bridgehead atoms. The van der Waals surface area contributed by atoms with Gasteiger partial charge in [0.1, 0.15) is 6.79 Å². The van der Waals surface area contributed by atoms with Gasteiger partial charge in [0, 0.05) is 27.9 Å². The van der Waals surface area contributed by atoms with Gasteiger partial charge in [-0.15, -0.1) is 0 Å². The first-order valence-electron chi connectivity index (χ1n) is 4.25. The van der Waals surface area contributed by atoms with Crippen LogP contribution in [0.2, 0.25) is 0 Å². The first-order valence-corrected chi connectivity index (χ1v) is 4.25. The van der Waals surface area contributed by atoms with Gasteiger partial charge in [-0.2, -0.15) is 0 Å². The molecule has 0 aliphatic heterocycles. The van der Waals surface area contributed by atoms with Crippen LogP contribution in [0, 0.1) is 0 Å². The minimum absolute atomic E-state index is 0.0701. The fourth-order valence-corrected chi connectivity index (χ4v) is 0.817. The average molecular weight is 209 g/mol. The average Bonchev–Trinajstić information content (AvgIpc) is 2.23. The molecule has 86 valence electrons. The van der Waals surface area contributed by atoms with Crippen molar-refractivity contribution in [2.24, 2.45) is 5.73 Å². The molecule has 0 fully saturated rings. The minimum Gasteiger partial charge on any atom is -0.356 e. The summed E-state index contributed by atoms with van der Waals surface area (Å²) >= 11 is 0. The first kappa shape index (κ1) is 13.8. The van der Waals surface area contributed by atoms with Gasteiger partial charge in [0.2, 0.25) is 6.29 Å². The summed E-state index contributed by atoms with van der Waals surface area (Å²) in [5.74, 6) is -1.42. The van der Waals surface area contributed by atoms with E-state index in [1.807, 2.05) is 6.92 Å². The third kappa shape index (κ3) is 3.87. The summed E-state index contributed by atoms with van der Waals surface area (Å²) < 4.78 is 24.9. The summed E-state index contributed by atoms with van der Waals surface area (Å²) in [5, 5.41) is 0. The van der Waals surface area contributed by atoms with E-state index in [4.69, 9.17) is 29.4 Å². The van der Waals surface area contributed by atoms with Crippen molar-refractivity contribution < 1.29 is 23.7 Å². The van der Waals surface area contributed by atoms with E-state index in [1.165, 1.54) is 21.3 Å². The second-order valence-corrected chi connectivity index (χ2v) is 2.47. The van der Waals surface area contributed by atoms with Crippen LogP contribution in [-0.2, 0) is 23.7 Å². The molecule has 0 aliphatic rings. The Morgan fingerprint density at radius 1 is 1.21 bits per heavy atom. The molecule has 0 amide bonds. The summed E-state index contributed by atoms with van der Waals surface area (Å²) in [4.78, 5) is 0. The Kier molecular flexibility index (Phi) is 6.98. The van der Waals surface area contributed by atoms with E-state index in [-0.39, 0.29) is 6.79 Å². The van der Waals surface area contributed by atoms with Crippen molar-refractivity contribution in [3.8, 4) is 0 Å². The zero-order valence-corrected chi connectivity index (χ0v) is 9.11. The lowest BCUT2D eigenvalue weighted by Crippen LogP contribution is -2.56. The van der Waals surface area contributed by atoms with Crippen LogP contribution in [0.5, 0.6) is 0 Å². The molecular weight excluding hydrogens is 190 g/mol. The van der Waals surface area contributed by atoms with Crippen molar-refractivity contribution in [1.29, 1.82) is 0 Å². The fraction of sp³-hybridized carbons (Fsp3) is 1.00. The maximum Gasteiger partial charge on any atom is 0.278 e. The summed E-state index contributed by atoms with van der Waals surface area (Å²) in [6.07, 6.45) is -0.843. The van der Waals surface area contributed by atoms with Crippen molar-refractivity contribution in [2.45, 2.75) is 19.1 Å². The quantitative estimate of drug-likeness (QED) is 0.443. The smallest absolute Gasteiger partial charge is 0.278 e. The van der Waals surface area contributed by atoms with E-state index in [2.05, 4.69) is 0 Å². The number of nitrogens with two attached hydrogens (primary N) is 1. The molecule has 0 aromatic rings. The van der Waals surface area contributed by atoms with E-state index in [0.717, 1.165) is 0 Å². The van der Waals surface area contributed by atoms with Crippen LogP contribution in [0.1, 0.15) is 6.92 Å². The fourth-order valence-electron chi connectivity index (χ4n) is 0.817. The molecular formula is C8H19NO5. The lowest BCUT2D eigenvalue weighted by atomic mass is 10.5. The highest BCUT2D eigenvalue weighted by atomic mass is 16.8. The molecule has 14 heavy (non-hydrogen) atoms. The van der Waals surface area contributed by atoms with Crippen molar-refractivity contribution in [1.82, 2.24) is 0 Å². The first-order chi connectivity index (χ1) is 6.64. The van der Waals surface area contributed by atoms with Gasteiger partial charge in [-0.25, -0.2) is 0 Å². The van der Waals surface area contributed by atoms with Crippen LogP contribution in [0.25, 0.3) is 0 Å². The molecule has 2 N–H and O–H groups in total. The number of rotatable bonds is 8. The summed E-state index contributed by atoms with van der Waals surface area (Å²) in [7, 11) is 4.25. The van der Waals surface area contributed by atoms with Gasteiger partial charge in [-0.3, -0.25) is 5.73 Å². The number of hydrogen-bond donors (Lipinski definition) is 1. The third-order valence-electron chi connectivity index (χ3n) is 1.69. The van der Waals surface area contributed by atoms with Crippen LogP contribution >= 0.6 is 0 Å². The normalized spacial score (nSPS) is 14.4. The summed E-state index contributed by atoms with van der Waals surface area (Å²) in [6.45, 7) is 2.47. The zero-order chi connectivity index (χ0) is 11.0. The van der Waals surface area contributed by atoms with Crippen LogP contribution < -0.4 is 5.73 Å². The second kappa shape index (κ2) is 7.10. The lowest BCUT2D eigenvalue weighted by Gasteiger charge is -2.32. The Hall–Kier alpha value is -0.240. The van der Waals surface area contributed by atoms with Gasteiger partial charge in [0.25, 0.3) is 5.91 Å². The molecule has 1 unspecified atom stereocenters. The van der Waals surface area contributed by atoms with Crippen LogP contribution in [0.3, 0.4) is 0 Å². The van der Waals surface area contributed by atoms with Crippen molar-refractivity contribution in [2.75, 3.05) is 34.7 Å². The predicted molar refractivity (Wildman–Crippen MR) is 49.3 cm³/mol. The molecule has 0 saturated heterocycles. The van der Waals surface area contributed by atoms with Crippen LogP contribution in [0.15, 0.2) is 0 Å². The Labute approximate surface area is 84.2 Å². The van der Waals surface area contributed by atoms with E-state index >= 15 is 0 Å². The van der Waals surface area contributed by atoms with Gasteiger partial charge in [-0.1, -0.05) is 0 Å². The molecule has 6 nitrogen and oxygen atoms in total. The van der Waals surface area contributed by atoms with Gasteiger partial charge in [-0.05, 0) is 6.92 Å². The molecule has 0 radical (unpaired) electrons. The number of methoxy groups -OCH3 is 3. The number of ether oxygens (including phenoxy) is 5. The monoisotopic (exact) mass is 209 g/mol. The molecule has 0 heterocycles. The van der Waals surface area contributed by atoms with E-state index < -0.39 is 12.2 Å². The largest absolute Gasteiger partial charge is 0.356 e. The van der Waals surface area contributed by atoms with E-state index in [9.17, 15) is 0 Å². The Balaban J connectivity index is 4.08. The van der Waals surface area contributed by atoms with Gasteiger partial charge in [0.15, 0.2) is 0 Å². The zero-order valence-electron chi connectivity index (χ0n) is 9.11. The molecule has 6 heteroatoms. The molecule has 0 saturated carbocycles. The molecule has 0 aliphatic carbocycles. The second-order valence-electron chi connectivity index (χ2n) is 2.47. The minimum atomic E-state index is -1.42. The molecule has 0 spiro atoms. The highest BCUT2D eigenvalue weighted by Crippen LogP contribution is 2.13. The van der Waals surface area contributed by atoms with Gasteiger partial charge >= 0.3 is 0 Å². The Morgan fingerprint density at radius 3 is 2.14 bits per heavy atom. The maximum atomic E-state index is 5.68. The van der Waals surface area contributed by atoms with E-state index in [0.29, 0.717) is 6.61 Å². The molecule has 0 aromatic heterocycles. The van der Waals surface area contributed by atoms with Crippen molar-refractivity contribution >= 4 is 0 Å². The van der Waals surface area contributed by atoms with Crippen LogP contribution in [-0.4, -0.2) is 46.9 Å². The topological polar surface area (TPSA) is 72.2 Å². The summed E-state index contributed by atoms with van der Waals surface area (Å²) in [5.41, 5.74) is 5.68. The number of hydrogen-bond acceptors (Lipinski definition) is 6. The highest BCUT2D eigenvalue weighted by Gasteiger charge is 2.37. The molecule has 0 aromatic carbocycles. The predicted octanol–water partition coefficient (Wildman–Crippen LogP) is -0.125. The van der Waals surface area contributed by atoms with Crippen LogP contribution in [0.4, 0.5) is 0 Å². The molecule has 0 rings (SSSR count). The van der Waals surface area contributed by atoms with Crippen molar-refractivity contribution in [3.05, 3.63) is 0 Å². The Bertz CT molecular complexity index is 140. The maximum absolute atomic E-state index is 5.68. The van der Waals surface area contributed by atoms with Gasteiger partial charge in [0.05, 0.1) is 0 Å². The standard InChI is InChI=1S/C8H19NO5/c1-5-13-6-14-7(10-2)8(9,11-3)12-4/h7H,5-6,9H2,1-4H3. The van der Waals surface area contributed by atoms with Gasteiger partial charge < -0.3 is 23.7 Å². The van der Waals surface area contributed by atoms with Crippen molar-refractivity contribution in [3.63, 3.8) is 0 Å². The summed E-state index contributed by atoms with van der Waals surface area (Å²) in [6, 6.07) is 0. The Morgan fingerprint density at radius 2 is 1.79 bits per heavy atom.